The van der Waals surface area contributed by atoms with Gasteiger partial charge in [0.05, 0.1) is 9.85 Å². The minimum Gasteiger partial charge on any atom is -0.501 e. The lowest BCUT2D eigenvalue weighted by Gasteiger charge is -2.00. The minimum absolute atomic E-state index is 0. The van der Waals surface area contributed by atoms with Crippen LogP contribution in [0, 0.1) is 20.2 Å². The largest absolute Gasteiger partial charge is 0.501 e. The van der Waals surface area contributed by atoms with Gasteiger partial charge in [0, 0.05) is 6.07 Å². The third-order valence-corrected chi connectivity index (χ3v) is 1.74. The molecule has 0 aliphatic heterocycles. The van der Waals surface area contributed by atoms with Crippen LogP contribution in [-0.4, -0.2) is 26.0 Å². The van der Waals surface area contributed by atoms with E-state index in [4.69, 9.17) is 5.11 Å². The standard InChI is InChI=1S/C7H4N2O7.H3N/c10-6-3(7(11)12)1-2-4(8(13)14)5(6)9(15)16;/h1-2,10H,(H,11,12);1H3. The fraction of sp³-hybridized carbons (Fsp3) is 0. The van der Waals surface area contributed by atoms with Crippen LogP contribution in [-0.2, 0) is 0 Å². The van der Waals surface area contributed by atoms with E-state index in [0.29, 0.717) is 6.07 Å². The van der Waals surface area contributed by atoms with E-state index in [1.54, 1.807) is 0 Å². The molecule has 17 heavy (non-hydrogen) atoms. The van der Waals surface area contributed by atoms with Crippen molar-refractivity contribution in [1.82, 2.24) is 6.15 Å². The molecule has 1 aromatic rings. The quantitative estimate of drug-likeness (QED) is 0.522. The molecule has 0 aliphatic rings. The van der Waals surface area contributed by atoms with Crippen molar-refractivity contribution >= 4 is 17.3 Å². The zero-order valence-corrected chi connectivity index (χ0v) is 8.19. The van der Waals surface area contributed by atoms with Gasteiger partial charge in [0.25, 0.3) is 0 Å². The summed E-state index contributed by atoms with van der Waals surface area (Å²) in [5, 5.41) is 38.7. The molecule has 0 unspecified atom stereocenters. The van der Waals surface area contributed by atoms with Crippen molar-refractivity contribution in [3.05, 3.63) is 37.9 Å². The number of carboxylic acid groups (broad SMARTS) is 1. The molecule has 0 aromatic heterocycles. The van der Waals surface area contributed by atoms with Gasteiger partial charge in [0.2, 0.25) is 5.75 Å². The number of carboxylic acids is 1. The van der Waals surface area contributed by atoms with Crippen LogP contribution in [0.3, 0.4) is 0 Å². The van der Waals surface area contributed by atoms with Crippen LogP contribution in [0.15, 0.2) is 12.1 Å². The maximum Gasteiger partial charge on any atom is 0.388 e. The number of aromatic hydroxyl groups is 1. The Labute approximate surface area is 93.0 Å². The number of phenols is 1. The highest BCUT2D eigenvalue weighted by Crippen LogP contribution is 2.38. The van der Waals surface area contributed by atoms with Gasteiger partial charge < -0.3 is 16.4 Å². The summed E-state index contributed by atoms with van der Waals surface area (Å²) in [4.78, 5) is 29.1. The summed E-state index contributed by atoms with van der Waals surface area (Å²) in [6.45, 7) is 0. The number of hydrogen-bond donors (Lipinski definition) is 3. The number of nitrogens with zero attached hydrogens (tertiary/aromatic N) is 2. The molecule has 0 bridgehead atoms. The van der Waals surface area contributed by atoms with Crippen LogP contribution in [0.25, 0.3) is 0 Å². The van der Waals surface area contributed by atoms with Gasteiger partial charge in [0.15, 0.2) is 0 Å². The summed E-state index contributed by atoms with van der Waals surface area (Å²) >= 11 is 0. The second-order valence-corrected chi connectivity index (χ2v) is 2.65. The van der Waals surface area contributed by atoms with Crippen molar-refractivity contribution in [3.8, 4) is 5.75 Å². The zero-order valence-electron chi connectivity index (χ0n) is 8.19. The van der Waals surface area contributed by atoms with Crippen LogP contribution >= 0.6 is 0 Å². The maximum absolute atomic E-state index is 10.5. The normalized spacial score (nSPS) is 9.18. The molecular formula is C7H7N3O7. The summed E-state index contributed by atoms with van der Waals surface area (Å²) in [5.41, 5.74) is -2.96. The van der Waals surface area contributed by atoms with Gasteiger partial charge in [0.1, 0.15) is 5.56 Å². The summed E-state index contributed by atoms with van der Waals surface area (Å²) in [6.07, 6.45) is 0. The zero-order chi connectivity index (χ0) is 12.5. The average molecular weight is 245 g/mol. The minimum atomic E-state index is -1.62. The summed E-state index contributed by atoms with van der Waals surface area (Å²) in [5.74, 6) is -2.85. The van der Waals surface area contributed by atoms with Crippen LogP contribution in [0.5, 0.6) is 5.75 Å². The van der Waals surface area contributed by atoms with E-state index in [2.05, 4.69) is 0 Å². The van der Waals surface area contributed by atoms with Crippen LogP contribution in [0.1, 0.15) is 10.4 Å². The molecule has 0 aliphatic carbocycles. The molecule has 10 nitrogen and oxygen atoms in total. The number of nitro groups is 2. The van der Waals surface area contributed by atoms with E-state index in [1.807, 2.05) is 0 Å². The Morgan fingerprint density at radius 2 is 1.71 bits per heavy atom. The lowest BCUT2D eigenvalue weighted by Crippen LogP contribution is -2.02. The Hall–Kier alpha value is -2.75. The lowest BCUT2D eigenvalue weighted by atomic mass is 10.1. The van der Waals surface area contributed by atoms with Crippen molar-refractivity contribution < 1.29 is 24.9 Å². The number of aromatic carboxylic acids is 1. The monoisotopic (exact) mass is 245 g/mol. The number of carbonyl (C=O) groups is 1. The van der Waals surface area contributed by atoms with Gasteiger partial charge in [-0.25, -0.2) is 4.79 Å². The molecule has 0 heterocycles. The summed E-state index contributed by atoms with van der Waals surface area (Å²) in [6, 6.07) is 1.38. The van der Waals surface area contributed by atoms with Gasteiger partial charge in [-0.1, -0.05) is 0 Å². The van der Waals surface area contributed by atoms with Crippen molar-refractivity contribution in [2.75, 3.05) is 0 Å². The van der Waals surface area contributed by atoms with Crippen molar-refractivity contribution in [2.45, 2.75) is 0 Å². The molecule has 0 saturated carbocycles. The molecule has 10 heteroatoms. The van der Waals surface area contributed by atoms with Gasteiger partial charge in [-0.2, -0.15) is 0 Å². The van der Waals surface area contributed by atoms with Crippen molar-refractivity contribution in [3.63, 3.8) is 0 Å². The maximum atomic E-state index is 10.5. The van der Waals surface area contributed by atoms with Crippen LogP contribution < -0.4 is 6.15 Å². The molecule has 5 N–H and O–H groups in total. The van der Waals surface area contributed by atoms with E-state index < -0.39 is 38.5 Å². The number of nitro benzene ring substituents is 2. The molecule has 1 aromatic carbocycles. The van der Waals surface area contributed by atoms with Crippen LogP contribution in [0.2, 0.25) is 0 Å². The van der Waals surface area contributed by atoms with Gasteiger partial charge in [-0.05, 0) is 6.07 Å². The smallest absolute Gasteiger partial charge is 0.388 e. The molecule has 0 saturated heterocycles. The second kappa shape index (κ2) is 4.85. The van der Waals surface area contributed by atoms with E-state index in [0.717, 1.165) is 6.07 Å². The first kappa shape index (κ1) is 14.2. The van der Waals surface area contributed by atoms with E-state index in [9.17, 15) is 30.1 Å². The number of benzene rings is 1. The summed E-state index contributed by atoms with van der Waals surface area (Å²) < 4.78 is 0. The predicted octanol–water partition coefficient (Wildman–Crippen LogP) is 1.07. The first-order valence-corrected chi connectivity index (χ1v) is 3.74. The molecule has 0 atom stereocenters. The highest BCUT2D eigenvalue weighted by Gasteiger charge is 2.32. The topological polar surface area (TPSA) is 179 Å². The molecule has 0 radical (unpaired) electrons. The second-order valence-electron chi connectivity index (χ2n) is 2.65. The third-order valence-electron chi connectivity index (χ3n) is 1.74. The predicted molar refractivity (Wildman–Crippen MR) is 53.4 cm³/mol. The Morgan fingerprint density at radius 1 is 1.18 bits per heavy atom. The van der Waals surface area contributed by atoms with Crippen molar-refractivity contribution in [1.29, 1.82) is 0 Å². The fourth-order valence-corrected chi connectivity index (χ4v) is 1.07. The highest BCUT2D eigenvalue weighted by molar-refractivity contribution is 5.93. The first-order valence-electron chi connectivity index (χ1n) is 3.74. The van der Waals surface area contributed by atoms with Gasteiger partial charge in [-0.3, -0.25) is 20.2 Å². The fourth-order valence-electron chi connectivity index (χ4n) is 1.07. The molecule has 0 fully saturated rings. The Kier molecular flexibility index (Phi) is 4.06. The average Bonchev–Trinajstić information content (AvgIpc) is 2.15. The van der Waals surface area contributed by atoms with Crippen molar-refractivity contribution in [2.24, 2.45) is 0 Å². The van der Waals surface area contributed by atoms with E-state index >= 15 is 0 Å². The Balaban J connectivity index is 0.00000256. The van der Waals surface area contributed by atoms with E-state index in [-0.39, 0.29) is 6.15 Å². The Bertz CT molecular complexity index is 498. The molecule has 0 spiro atoms. The number of hydrogen-bond acceptors (Lipinski definition) is 7. The van der Waals surface area contributed by atoms with Gasteiger partial charge >= 0.3 is 17.3 Å². The Morgan fingerprint density at radius 3 is 2.06 bits per heavy atom. The third kappa shape index (κ3) is 2.43. The molecule has 92 valence electrons. The van der Waals surface area contributed by atoms with Gasteiger partial charge in [-0.15, -0.1) is 0 Å². The van der Waals surface area contributed by atoms with E-state index in [1.165, 1.54) is 0 Å². The SMILES string of the molecule is N.O=C(O)c1ccc([N+](=O)[O-])c([N+](=O)[O-])c1O. The lowest BCUT2D eigenvalue weighted by molar-refractivity contribution is -0.423. The first-order chi connectivity index (χ1) is 7.36. The van der Waals surface area contributed by atoms with Crippen LogP contribution in [0.4, 0.5) is 11.4 Å². The molecular weight excluding hydrogens is 238 g/mol. The number of rotatable bonds is 3. The molecule has 0 amide bonds. The summed E-state index contributed by atoms with van der Waals surface area (Å²) in [7, 11) is 0. The highest BCUT2D eigenvalue weighted by atomic mass is 16.6. The molecule has 1 rings (SSSR count).